The SMILES string of the molecule is CC(NCCS(N)(=O)=O)c1ncn[nH]1. The minimum Gasteiger partial charge on any atom is -0.306 e. The molecule has 0 bridgehead atoms. The van der Waals surface area contributed by atoms with Gasteiger partial charge in [0.15, 0.2) is 0 Å². The third-order valence-corrected chi connectivity index (χ3v) is 2.45. The van der Waals surface area contributed by atoms with Crippen LogP contribution in [0.25, 0.3) is 0 Å². The molecule has 0 amide bonds. The fourth-order valence-electron chi connectivity index (χ4n) is 0.938. The quantitative estimate of drug-likeness (QED) is 0.572. The first-order valence-electron chi connectivity index (χ1n) is 4.08. The van der Waals surface area contributed by atoms with Crippen LogP contribution in [-0.4, -0.2) is 35.9 Å². The van der Waals surface area contributed by atoms with E-state index in [1.54, 1.807) is 0 Å². The number of aromatic nitrogens is 3. The summed E-state index contributed by atoms with van der Waals surface area (Å²) in [6.07, 6.45) is 1.40. The lowest BCUT2D eigenvalue weighted by molar-refractivity contribution is 0.556. The Hall–Kier alpha value is -0.990. The van der Waals surface area contributed by atoms with Gasteiger partial charge in [-0.2, -0.15) is 5.10 Å². The van der Waals surface area contributed by atoms with Gasteiger partial charge in [0.2, 0.25) is 10.0 Å². The normalized spacial score (nSPS) is 14.1. The topological polar surface area (TPSA) is 114 Å². The van der Waals surface area contributed by atoms with E-state index in [9.17, 15) is 8.42 Å². The summed E-state index contributed by atoms with van der Waals surface area (Å²) >= 11 is 0. The molecule has 1 unspecified atom stereocenters. The lowest BCUT2D eigenvalue weighted by atomic mass is 10.3. The maximum absolute atomic E-state index is 10.6. The van der Waals surface area contributed by atoms with E-state index >= 15 is 0 Å². The molecule has 0 saturated heterocycles. The zero-order valence-corrected chi connectivity index (χ0v) is 8.58. The molecule has 0 fully saturated rings. The van der Waals surface area contributed by atoms with Gasteiger partial charge in [-0.15, -0.1) is 0 Å². The summed E-state index contributed by atoms with van der Waals surface area (Å²) < 4.78 is 21.2. The molecule has 1 aromatic rings. The van der Waals surface area contributed by atoms with Crippen LogP contribution in [0.15, 0.2) is 6.33 Å². The van der Waals surface area contributed by atoms with E-state index in [0.717, 1.165) is 0 Å². The number of nitrogens with two attached hydrogens (primary N) is 1. The monoisotopic (exact) mass is 219 g/mol. The molecule has 1 heterocycles. The Kier molecular flexibility index (Phi) is 3.55. The summed E-state index contributed by atoms with van der Waals surface area (Å²) in [5.41, 5.74) is 0. The van der Waals surface area contributed by atoms with Crippen molar-refractivity contribution in [3.63, 3.8) is 0 Å². The molecular formula is C6H13N5O2S. The number of hydrogen-bond acceptors (Lipinski definition) is 5. The molecule has 1 aromatic heterocycles. The number of hydrogen-bond donors (Lipinski definition) is 3. The molecule has 7 nitrogen and oxygen atoms in total. The Labute approximate surface area is 82.2 Å². The molecule has 0 saturated carbocycles. The summed E-state index contributed by atoms with van der Waals surface area (Å²) in [6, 6.07) is -0.0701. The Morgan fingerprint density at radius 1 is 1.71 bits per heavy atom. The van der Waals surface area contributed by atoms with Crippen LogP contribution in [-0.2, 0) is 10.0 Å². The van der Waals surface area contributed by atoms with Crippen molar-refractivity contribution in [2.45, 2.75) is 13.0 Å². The van der Waals surface area contributed by atoms with Crippen molar-refractivity contribution in [3.8, 4) is 0 Å². The van der Waals surface area contributed by atoms with Gasteiger partial charge >= 0.3 is 0 Å². The summed E-state index contributed by atoms with van der Waals surface area (Å²) in [5, 5.41) is 14.1. The lowest BCUT2D eigenvalue weighted by Crippen LogP contribution is -2.29. The van der Waals surface area contributed by atoms with Crippen molar-refractivity contribution in [1.29, 1.82) is 0 Å². The largest absolute Gasteiger partial charge is 0.306 e. The third-order valence-electron chi connectivity index (χ3n) is 1.68. The van der Waals surface area contributed by atoms with E-state index in [2.05, 4.69) is 20.5 Å². The van der Waals surface area contributed by atoms with Crippen LogP contribution >= 0.6 is 0 Å². The van der Waals surface area contributed by atoms with Crippen LogP contribution in [0.3, 0.4) is 0 Å². The molecule has 0 radical (unpaired) electrons. The second-order valence-corrected chi connectivity index (χ2v) is 4.65. The predicted molar refractivity (Wildman–Crippen MR) is 50.8 cm³/mol. The fourth-order valence-corrected chi connectivity index (χ4v) is 1.34. The highest BCUT2D eigenvalue weighted by molar-refractivity contribution is 7.89. The smallest absolute Gasteiger partial charge is 0.210 e. The maximum Gasteiger partial charge on any atom is 0.210 e. The van der Waals surface area contributed by atoms with Crippen molar-refractivity contribution in [2.75, 3.05) is 12.3 Å². The maximum atomic E-state index is 10.6. The second kappa shape index (κ2) is 4.49. The second-order valence-electron chi connectivity index (χ2n) is 2.91. The molecule has 1 rings (SSSR count). The molecule has 0 aromatic carbocycles. The van der Waals surface area contributed by atoms with Crippen LogP contribution in [0.5, 0.6) is 0 Å². The highest BCUT2D eigenvalue weighted by Gasteiger charge is 2.08. The molecule has 4 N–H and O–H groups in total. The lowest BCUT2D eigenvalue weighted by Gasteiger charge is -2.09. The fraction of sp³-hybridized carbons (Fsp3) is 0.667. The van der Waals surface area contributed by atoms with Crippen LogP contribution in [0.4, 0.5) is 0 Å². The van der Waals surface area contributed by atoms with E-state index in [1.165, 1.54) is 6.33 Å². The van der Waals surface area contributed by atoms with Crippen LogP contribution in [0, 0.1) is 0 Å². The zero-order chi connectivity index (χ0) is 10.6. The van der Waals surface area contributed by atoms with E-state index in [-0.39, 0.29) is 11.8 Å². The number of sulfonamides is 1. The van der Waals surface area contributed by atoms with Gasteiger partial charge in [-0.1, -0.05) is 0 Å². The molecule has 8 heteroatoms. The standard InChI is InChI=1S/C6H13N5O2S/c1-5(6-9-4-10-11-6)8-2-3-14(7,12)13/h4-5,8H,2-3H2,1H3,(H2,7,12,13)(H,9,10,11). The average Bonchev–Trinajstić information content (AvgIpc) is 2.53. The van der Waals surface area contributed by atoms with Crippen molar-refractivity contribution in [1.82, 2.24) is 20.5 Å². The Bertz CT molecular complexity index is 360. The number of nitrogens with one attached hydrogen (secondary N) is 2. The van der Waals surface area contributed by atoms with Gasteiger partial charge in [0.05, 0.1) is 11.8 Å². The summed E-state index contributed by atoms with van der Waals surface area (Å²) in [7, 11) is -3.40. The molecule has 1 atom stereocenters. The van der Waals surface area contributed by atoms with Crippen molar-refractivity contribution in [3.05, 3.63) is 12.2 Å². The first-order valence-corrected chi connectivity index (χ1v) is 5.79. The Morgan fingerprint density at radius 2 is 2.43 bits per heavy atom. The molecule has 0 spiro atoms. The molecule has 0 aliphatic heterocycles. The van der Waals surface area contributed by atoms with Gasteiger partial charge in [-0.3, -0.25) is 5.10 Å². The number of primary sulfonamides is 1. The van der Waals surface area contributed by atoms with Gasteiger partial charge in [0.1, 0.15) is 12.2 Å². The summed E-state index contributed by atoms with van der Waals surface area (Å²) in [5.74, 6) is 0.574. The Morgan fingerprint density at radius 3 is 2.93 bits per heavy atom. The number of rotatable bonds is 5. The van der Waals surface area contributed by atoms with E-state index in [4.69, 9.17) is 5.14 Å². The predicted octanol–water partition coefficient (Wildman–Crippen LogP) is -1.26. The average molecular weight is 219 g/mol. The minimum atomic E-state index is -3.40. The minimum absolute atomic E-state index is 0.0701. The summed E-state index contributed by atoms with van der Waals surface area (Å²) in [6.45, 7) is 2.14. The summed E-state index contributed by atoms with van der Waals surface area (Å²) in [4.78, 5) is 3.92. The zero-order valence-electron chi connectivity index (χ0n) is 7.77. The molecule has 14 heavy (non-hydrogen) atoms. The van der Waals surface area contributed by atoms with E-state index < -0.39 is 10.0 Å². The van der Waals surface area contributed by atoms with Gasteiger partial charge < -0.3 is 5.32 Å². The molecule has 0 aliphatic rings. The molecular weight excluding hydrogens is 206 g/mol. The number of aromatic amines is 1. The van der Waals surface area contributed by atoms with Gasteiger partial charge in [-0.05, 0) is 6.92 Å². The molecule has 0 aliphatic carbocycles. The van der Waals surface area contributed by atoms with Gasteiger partial charge in [0, 0.05) is 6.54 Å². The first-order chi connectivity index (χ1) is 6.49. The van der Waals surface area contributed by atoms with Crippen molar-refractivity contribution >= 4 is 10.0 Å². The number of nitrogens with zero attached hydrogens (tertiary/aromatic N) is 2. The number of H-pyrrole nitrogens is 1. The van der Waals surface area contributed by atoms with Gasteiger partial charge in [-0.25, -0.2) is 18.5 Å². The van der Waals surface area contributed by atoms with Crippen LogP contribution < -0.4 is 10.5 Å². The van der Waals surface area contributed by atoms with Gasteiger partial charge in [0.25, 0.3) is 0 Å². The first kappa shape index (κ1) is 11.1. The van der Waals surface area contributed by atoms with Crippen molar-refractivity contribution in [2.24, 2.45) is 5.14 Å². The highest BCUT2D eigenvalue weighted by Crippen LogP contribution is 2.02. The molecule has 80 valence electrons. The third kappa shape index (κ3) is 3.81. The van der Waals surface area contributed by atoms with E-state index in [0.29, 0.717) is 12.4 Å². The Balaban J connectivity index is 2.33. The van der Waals surface area contributed by atoms with E-state index in [1.807, 2.05) is 6.92 Å². The van der Waals surface area contributed by atoms with Crippen LogP contribution in [0.2, 0.25) is 0 Å². The van der Waals surface area contributed by atoms with Crippen LogP contribution in [0.1, 0.15) is 18.8 Å². The van der Waals surface area contributed by atoms with Crippen molar-refractivity contribution < 1.29 is 8.42 Å². The highest BCUT2D eigenvalue weighted by atomic mass is 32.2.